The van der Waals surface area contributed by atoms with Gasteiger partial charge in [0.2, 0.25) is 5.91 Å². The Kier molecular flexibility index (Phi) is 3.95. The molecule has 3 heteroatoms. The summed E-state index contributed by atoms with van der Waals surface area (Å²) in [4.78, 5) is 11.7. The monoisotopic (exact) mass is 242 g/mol. The van der Waals surface area contributed by atoms with Crippen LogP contribution < -0.4 is 10.6 Å². The lowest BCUT2D eigenvalue weighted by atomic mass is 10.0. The summed E-state index contributed by atoms with van der Waals surface area (Å²) in [5.41, 5.74) is 1.14. The van der Waals surface area contributed by atoms with Crippen molar-refractivity contribution in [1.29, 1.82) is 0 Å². The van der Waals surface area contributed by atoms with Gasteiger partial charge in [-0.2, -0.15) is 0 Å². The summed E-state index contributed by atoms with van der Waals surface area (Å²) in [6.07, 6.45) is 0. The minimum absolute atomic E-state index is 0.0189. The first kappa shape index (κ1) is 12.6. The summed E-state index contributed by atoms with van der Waals surface area (Å²) >= 11 is 0. The van der Waals surface area contributed by atoms with Crippen LogP contribution in [0.1, 0.15) is 12.5 Å². The van der Waals surface area contributed by atoms with Crippen molar-refractivity contribution in [2.75, 3.05) is 7.05 Å². The fourth-order valence-corrected chi connectivity index (χ4v) is 1.91. The van der Waals surface area contributed by atoms with Crippen LogP contribution in [0.25, 0.3) is 10.8 Å². The first-order valence-electron chi connectivity index (χ1n) is 6.14. The number of carbonyl (C=O) groups excluding carboxylic acids is 1. The van der Waals surface area contributed by atoms with E-state index in [0.29, 0.717) is 6.54 Å². The van der Waals surface area contributed by atoms with Gasteiger partial charge in [0.1, 0.15) is 0 Å². The molecule has 0 radical (unpaired) electrons. The van der Waals surface area contributed by atoms with Gasteiger partial charge in [0, 0.05) is 6.54 Å². The van der Waals surface area contributed by atoms with Crippen molar-refractivity contribution in [2.45, 2.75) is 19.5 Å². The number of likely N-dealkylation sites (N-methyl/N-ethyl adjacent to an activating group) is 1. The maximum atomic E-state index is 11.7. The molecule has 3 nitrogen and oxygen atoms in total. The van der Waals surface area contributed by atoms with Crippen LogP contribution in [0, 0.1) is 0 Å². The molecule has 2 aromatic rings. The molecule has 2 rings (SSSR count). The summed E-state index contributed by atoms with van der Waals surface area (Å²) in [5, 5.41) is 8.26. The fraction of sp³-hybridized carbons (Fsp3) is 0.267. The molecule has 2 aromatic carbocycles. The molecular formula is C15H18N2O. The number of fused-ring (bicyclic) bond motifs is 1. The molecule has 0 aliphatic carbocycles. The first-order chi connectivity index (χ1) is 8.72. The summed E-state index contributed by atoms with van der Waals surface area (Å²) in [7, 11) is 1.78. The summed E-state index contributed by atoms with van der Waals surface area (Å²) in [5.74, 6) is 0.0189. The second-order valence-corrected chi connectivity index (χ2v) is 4.37. The van der Waals surface area contributed by atoms with Crippen molar-refractivity contribution in [1.82, 2.24) is 10.6 Å². The van der Waals surface area contributed by atoms with Crippen molar-refractivity contribution < 1.29 is 4.79 Å². The standard InChI is InChI=1S/C15H18N2O/c1-11(16-2)15(18)17-10-13-8-5-7-12-6-3-4-9-14(12)13/h3-9,11,16H,10H2,1-2H3,(H,17,18). The molecule has 1 atom stereocenters. The fourth-order valence-electron chi connectivity index (χ4n) is 1.91. The predicted octanol–water partition coefficient (Wildman–Crippen LogP) is 2.06. The van der Waals surface area contributed by atoms with Crippen molar-refractivity contribution in [3.8, 4) is 0 Å². The van der Waals surface area contributed by atoms with Crippen molar-refractivity contribution >= 4 is 16.7 Å². The van der Waals surface area contributed by atoms with Crippen molar-refractivity contribution in [2.24, 2.45) is 0 Å². The van der Waals surface area contributed by atoms with Crippen molar-refractivity contribution in [3.63, 3.8) is 0 Å². The van der Waals surface area contributed by atoms with E-state index >= 15 is 0 Å². The van der Waals surface area contributed by atoms with E-state index in [1.54, 1.807) is 7.05 Å². The Labute approximate surface area is 107 Å². The third-order valence-electron chi connectivity index (χ3n) is 3.16. The van der Waals surface area contributed by atoms with Gasteiger partial charge in [-0.15, -0.1) is 0 Å². The van der Waals surface area contributed by atoms with Crippen LogP contribution in [0.3, 0.4) is 0 Å². The lowest BCUT2D eigenvalue weighted by Crippen LogP contribution is -2.40. The number of hydrogen-bond acceptors (Lipinski definition) is 2. The Balaban J connectivity index is 2.15. The van der Waals surface area contributed by atoms with Gasteiger partial charge in [0.05, 0.1) is 6.04 Å². The van der Waals surface area contributed by atoms with E-state index in [-0.39, 0.29) is 11.9 Å². The molecule has 0 aliphatic heterocycles. The Hall–Kier alpha value is -1.87. The van der Waals surface area contributed by atoms with Gasteiger partial charge in [-0.05, 0) is 30.3 Å². The number of amides is 1. The topological polar surface area (TPSA) is 41.1 Å². The number of benzene rings is 2. The van der Waals surface area contributed by atoms with Crippen LogP contribution in [-0.2, 0) is 11.3 Å². The molecule has 1 amide bonds. The summed E-state index contributed by atoms with van der Waals surface area (Å²) < 4.78 is 0. The number of rotatable bonds is 4. The normalized spacial score (nSPS) is 12.3. The summed E-state index contributed by atoms with van der Waals surface area (Å²) in [6, 6.07) is 14.2. The Morgan fingerprint density at radius 3 is 2.67 bits per heavy atom. The molecule has 0 fully saturated rings. The second kappa shape index (κ2) is 5.65. The van der Waals surface area contributed by atoms with Gasteiger partial charge >= 0.3 is 0 Å². The largest absolute Gasteiger partial charge is 0.351 e. The molecule has 0 heterocycles. The van der Waals surface area contributed by atoms with E-state index in [2.05, 4.69) is 28.8 Å². The first-order valence-corrected chi connectivity index (χ1v) is 6.14. The van der Waals surface area contributed by atoms with E-state index < -0.39 is 0 Å². The van der Waals surface area contributed by atoms with E-state index in [4.69, 9.17) is 0 Å². The molecule has 0 aromatic heterocycles. The predicted molar refractivity (Wildman–Crippen MR) is 74.3 cm³/mol. The molecule has 2 N–H and O–H groups in total. The molecular weight excluding hydrogens is 224 g/mol. The Bertz CT molecular complexity index is 546. The molecule has 0 bridgehead atoms. The van der Waals surface area contributed by atoms with Crippen LogP contribution in [0.5, 0.6) is 0 Å². The zero-order valence-electron chi connectivity index (χ0n) is 10.7. The molecule has 94 valence electrons. The van der Waals surface area contributed by atoms with E-state index in [0.717, 1.165) is 5.56 Å². The molecule has 0 spiro atoms. The zero-order valence-corrected chi connectivity index (χ0v) is 10.7. The Morgan fingerprint density at radius 2 is 1.89 bits per heavy atom. The van der Waals surface area contributed by atoms with E-state index in [1.165, 1.54) is 10.8 Å². The second-order valence-electron chi connectivity index (χ2n) is 4.37. The van der Waals surface area contributed by atoms with Gasteiger partial charge in [0.15, 0.2) is 0 Å². The quantitative estimate of drug-likeness (QED) is 0.861. The summed E-state index contributed by atoms with van der Waals surface area (Å²) in [6.45, 7) is 2.41. The van der Waals surface area contributed by atoms with Crippen LogP contribution >= 0.6 is 0 Å². The minimum Gasteiger partial charge on any atom is -0.351 e. The maximum absolute atomic E-state index is 11.7. The highest BCUT2D eigenvalue weighted by molar-refractivity contribution is 5.86. The lowest BCUT2D eigenvalue weighted by Gasteiger charge is -2.12. The lowest BCUT2D eigenvalue weighted by molar-refractivity contribution is -0.122. The average Bonchev–Trinajstić information content (AvgIpc) is 2.43. The molecule has 1 unspecified atom stereocenters. The average molecular weight is 242 g/mol. The SMILES string of the molecule is CNC(C)C(=O)NCc1cccc2ccccc12. The van der Waals surface area contributed by atoms with Gasteiger partial charge < -0.3 is 10.6 Å². The number of hydrogen-bond donors (Lipinski definition) is 2. The van der Waals surface area contributed by atoms with Gasteiger partial charge in [-0.3, -0.25) is 4.79 Å². The third-order valence-corrected chi connectivity index (χ3v) is 3.16. The van der Waals surface area contributed by atoms with Gasteiger partial charge in [-0.1, -0.05) is 42.5 Å². The number of nitrogens with one attached hydrogen (secondary N) is 2. The molecule has 0 saturated carbocycles. The van der Waals surface area contributed by atoms with Gasteiger partial charge in [-0.25, -0.2) is 0 Å². The molecule has 0 saturated heterocycles. The highest BCUT2D eigenvalue weighted by atomic mass is 16.2. The highest BCUT2D eigenvalue weighted by Gasteiger charge is 2.09. The minimum atomic E-state index is -0.167. The molecule has 0 aliphatic rings. The molecule has 18 heavy (non-hydrogen) atoms. The van der Waals surface area contributed by atoms with Gasteiger partial charge in [0.25, 0.3) is 0 Å². The van der Waals surface area contributed by atoms with Crippen LogP contribution in [-0.4, -0.2) is 19.0 Å². The van der Waals surface area contributed by atoms with Crippen LogP contribution in [0.4, 0.5) is 0 Å². The van der Waals surface area contributed by atoms with Crippen LogP contribution in [0.15, 0.2) is 42.5 Å². The smallest absolute Gasteiger partial charge is 0.237 e. The zero-order chi connectivity index (χ0) is 13.0. The number of carbonyl (C=O) groups is 1. The maximum Gasteiger partial charge on any atom is 0.237 e. The van der Waals surface area contributed by atoms with E-state index in [1.807, 2.05) is 31.2 Å². The third kappa shape index (κ3) is 2.68. The highest BCUT2D eigenvalue weighted by Crippen LogP contribution is 2.18. The van der Waals surface area contributed by atoms with E-state index in [9.17, 15) is 4.79 Å². The Morgan fingerprint density at radius 1 is 1.17 bits per heavy atom. The van der Waals surface area contributed by atoms with Crippen LogP contribution in [0.2, 0.25) is 0 Å². The van der Waals surface area contributed by atoms with Crippen molar-refractivity contribution in [3.05, 3.63) is 48.0 Å².